The van der Waals surface area contributed by atoms with Crippen molar-refractivity contribution in [2.75, 3.05) is 6.61 Å². The molecule has 1 heteroatoms. The van der Waals surface area contributed by atoms with Crippen molar-refractivity contribution in [2.24, 2.45) is 0 Å². The Kier molecular flexibility index (Phi) is 2.72. The Labute approximate surface area is 63.8 Å². The molecule has 0 aromatic heterocycles. The van der Waals surface area contributed by atoms with Crippen LogP contribution in [0.3, 0.4) is 0 Å². The van der Waals surface area contributed by atoms with Crippen LogP contribution < -0.4 is 0 Å². The van der Waals surface area contributed by atoms with Gasteiger partial charge in [0.1, 0.15) is 0 Å². The highest BCUT2D eigenvalue weighted by Crippen LogP contribution is 2.35. The molecule has 0 bridgehead atoms. The van der Waals surface area contributed by atoms with E-state index in [-0.39, 0.29) is 0 Å². The molecule has 1 fully saturated rings. The third-order valence-corrected chi connectivity index (χ3v) is 2.38. The summed E-state index contributed by atoms with van der Waals surface area (Å²) in [6.45, 7) is 5.47. The third kappa shape index (κ3) is 1.51. The summed E-state index contributed by atoms with van der Waals surface area (Å²) in [5.74, 6) is 0. The lowest BCUT2D eigenvalue weighted by molar-refractivity contribution is -0.156. The largest absolute Gasteiger partial charge is 0.375 e. The van der Waals surface area contributed by atoms with E-state index in [1.54, 1.807) is 0 Å². The van der Waals surface area contributed by atoms with E-state index in [1.165, 1.54) is 32.1 Å². The van der Waals surface area contributed by atoms with Crippen molar-refractivity contribution < 1.29 is 4.74 Å². The van der Waals surface area contributed by atoms with Crippen LogP contribution >= 0.6 is 0 Å². The van der Waals surface area contributed by atoms with Crippen molar-refractivity contribution >= 4 is 0 Å². The van der Waals surface area contributed by atoms with Crippen molar-refractivity contribution in [3.05, 3.63) is 0 Å². The second-order valence-electron chi connectivity index (χ2n) is 3.28. The van der Waals surface area contributed by atoms with Gasteiger partial charge in [-0.3, -0.25) is 0 Å². The van der Waals surface area contributed by atoms with Gasteiger partial charge in [-0.05, 0) is 19.3 Å². The van der Waals surface area contributed by atoms with Crippen LogP contribution in [0.4, 0.5) is 0 Å². The monoisotopic (exact) mass is 142 g/mol. The van der Waals surface area contributed by atoms with Gasteiger partial charge in [0, 0.05) is 0 Å². The zero-order chi connectivity index (χ0) is 7.45. The average molecular weight is 142 g/mol. The molecule has 1 heterocycles. The minimum atomic E-state index is 0.323. The molecular weight excluding hydrogens is 124 g/mol. The van der Waals surface area contributed by atoms with Crippen molar-refractivity contribution in [3.8, 4) is 0 Å². The minimum Gasteiger partial charge on any atom is -0.375 e. The summed E-state index contributed by atoms with van der Waals surface area (Å²) in [5.41, 5.74) is 0.323. The average Bonchev–Trinajstić information content (AvgIpc) is 1.84. The summed E-state index contributed by atoms with van der Waals surface area (Å²) in [4.78, 5) is 0. The Morgan fingerprint density at radius 2 is 1.70 bits per heavy atom. The lowest BCUT2D eigenvalue weighted by Gasteiger charge is -2.42. The van der Waals surface area contributed by atoms with Crippen LogP contribution in [-0.4, -0.2) is 12.2 Å². The fraction of sp³-hybridized carbons (Fsp3) is 1.00. The van der Waals surface area contributed by atoms with Gasteiger partial charge in [0.25, 0.3) is 0 Å². The molecule has 0 atom stereocenters. The number of hydrogen-bond donors (Lipinski definition) is 0. The number of hydrogen-bond acceptors (Lipinski definition) is 1. The minimum absolute atomic E-state index is 0.323. The Bertz CT molecular complexity index is 86.9. The maximum absolute atomic E-state index is 5.60. The first-order valence-electron chi connectivity index (χ1n) is 4.47. The second-order valence-corrected chi connectivity index (χ2v) is 3.28. The van der Waals surface area contributed by atoms with Crippen LogP contribution in [0.2, 0.25) is 0 Å². The summed E-state index contributed by atoms with van der Waals surface area (Å²) >= 11 is 0. The Hall–Kier alpha value is -0.0400. The van der Waals surface area contributed by atoms with E-state index in [2.05, 4.69) is 13.8 Å². The maximum atomic E-state index is 5.60. The Morgan fingerprint density at radius 1 is 1.20 bits per heavy atom. The predicted octanol–water partition coefficient (Wildman–Crippen LogP) is 2.75. The van der Waals surface area contributed by atoms with Crippen LogP contribution in [0.1, 0.15) is 46.0 Å². The topological polar surface area (TPSA) is 9.23 Å². The van der Waals surface area contributed by atoms with Crippen molar-refractivity contribution in [3.63, 3.8) is 0 Å². The van der Waals surface area contributed by atoms with Gasteiger partial charge in [-0.1, -0.05) is 26.7 Å². The highest BCUT2D eigenvalue weighted by atomic mass is 16.5. The molecule has 0 N–H and O–H groups in total. The normalized spacial score (nSPS) is 22.2. The van der Waals surface area contributed by atoms with Gasteiger partial charge >= 0.3 is 0 Å². The van der Waals surface area contributed by atoms with Crippen LogP contribution in [0.15, 0.2) is 0 Å². The first-order valence-corrected chi connectivity index (χ1v) is 4.47. The molecule has 0 aromatic rings. The van der Waals surface area contributed by atoms with Crippen LogP contribution in [-0.2, 0) is 4.74 Å². The van der Waals surface area contributed by atoms with Crippen LogP contribution in [0.25, 0.3) is 0 Å². The van der Waals surface area contributed by atoms with Crippen molar-refractivity contribution in [1.29, 1.82) is 0 Å². The molecule has 1 saturated heterocycles. The highest BCUT2D eigenvalue weighted by molar-refractivity contribution is 4.86. The van der Waals surface area contributed by atoms with E-state index in [0.717, 1.165) is 6.61 Å². The van der Waals surface area contributed by atoms with E-state index in [1.807, 2.05) is 0 Å². The molecule has 0 saturated carbocycles. The van der Waals surface area contributed by atoms with E-state index >= 15 is 0 Å². The van der Waals surface area contributed by atoms with Crippen LogP contribution in [0, 0.1) is 0 Å². The first kappa shape index (κ1) is 8.06. The van der Waals surface area contributed by atoms with Gasteiger partial charge in [-0.15, -0.1) is 0 Å². The quantitative estimate of drug-likeness (QED) is 0.586. The molecule has 1 aliphatic heterocycles. The molecule has 0 aromatic carbocycles. The van der Waals surface area contributed by atoms with Gasteiger partial charge in [0.05, 0.1) is 12.2 Å². The summed E-state index contributed by atoms with van der Waals surface area (Å²) in [5, 5.41) is 0. The lowest BCUT2D eigenvalue weighted by Crippen LogP contribution is -2.43. The molecule has 0 radical (unpaired) electrons. The molecule has 1 rings (SSSR count). The maximum Gasteiger partial charge on any atom is 0.0704 e. The Morgan fingerprint density at radius 3 is 1.90 bits per heavy atom. The SMILES string of the molecule is CCCC1(CCC)CCO1. The number of rotatable bonds is 4. The molecule has 0 spiro atoms. The number of ether oxygens (including phenoxy) is 1. The highest BCUT2D eigenvalue weighted by Gasteiger charge is 2.35. The summed E-state index contributed by atoms with van der Waals surface area (Å²) in [7, 11) is 0. The molecule has 60 valence electrons. The molecule has 0 aliphatic carbocycles. The zero-order valence-electron chi connectivity index (χ0n) is 7.15. The van der Waals surface area contributed by atoms with Crippen molar-refractivity contribution in [2.45, 2.75) is 51.6 Å². The summed E-state index contributed by atoms with van der Waals surface area (Å²) in [6.07, 6.45) is 6.36. The fourth-order valence-corrected chi connectivity index (χ4v) is 1.82. The van der Waals surface area contributed by atoms with Gasteiger partial charge in [-0.2, -0.15) is 0 Å². The lowest BCUT2D eigenvalue weighted by atomic mass is 9.85. The third-order valence-electron chi connectivity index (χ3n) is 2.38. The van der Waals surface area contributed by atoms with E-state index in [0.29, 0.717) is 5.60 Å². The second kappa shape index (κ2) is 3.38. The van der Waals surface area contributed by atoms with Gasteiger partial charge < -0.3 is 4.74 Å². The smallest absolute Gasteiger partial charge is 0.0704 e. The van der Waals surface area contributed by atoms with Gasteiger partial charge in [-0.25, -0.2) is 0 Å². The van der Waals surface area contributed by atoms with Crippen molar-refractivity contribution in [1.82, 2.24) is 0 Å². The van der Waals surface area contributed by atoms with Gasteiger partial charge in [0.15, 0.2) is 0 Å². The van der Waals surface area contributed by atoms with E-state index in [9.17, 15) is 0 Å². The van der Waals surface area contributed by atoms with Gasteiger partial charge in [0.2, 0.25) is 0 Å². The first-order chi connectivity index (χ1) is 4.83. The molecule has 1 nitrogen and oxygen atoms in total. The van der Waals surface area contributed by atoms with Crippen LogP contribution in [0.5, 0.6) is 0 Å². The predicted molar refractivity (Wildman–Crippen MR) is 43.1 cm³/mol. The molecule has 10 heavy (non-hydrogen) atoms. The zero-order valence-corrected chi connectivity index (χ0v) is 7.15. The van der Waals surface area contributed by atoms with E-state index in [4.69, 9.17) is 4.74 Å². The molecule has 0 amide bonds. The summed E-state index contributed by atoms with van der Waals surface area (Å²) in [6, 6.07) is 0. The summed E-state index contributed by atoms with van der Waals surface area (Å²) < 4.78 is 5.60. The standard InChI is InChI=1S/C9H18O/c1-3-5-9(6-4-2)7-8-10-9/h3-8H2,1-2H3. The molecule has 1 aliphatic rings. The fourth-order valence-electron chi connectivity index (χ4n) is 1.82. The molecule has 0 unspecified atom stereocenters. The van der Waals surface area contributed by atoms with E-state index < -0.39 is 0 Å². The Balaban J connectivity index is 2.27. The molecular formula is C9H18O.